The minimum Gasteiger partial charge on any atom is -0.475 e. The minimum atomic E-state index is -5.08. The predicted octanol–water partition coefficient (Wildman–Crippen LogP) is 9.12. The number of hydrogen-bond donors (Lipinski definition) is 4. The summed E-state index contributed by atoms with van der Waals surface area (Å²) in [6, 6.07) is 17.7. The Morgan fingerprint density at radius 1 is 0.667 bits per heavy atom. The highest BCUT2D eigenvalue weighted by molar-refractivity contribution is 5.85. The lowest BCUT2D eigenvalue weighted by Crippen LogP contribution is -2.49. The smallest absolute Gasteiger partial charge is 0.475 e. The second-order valence-electron chi connectivity index (χ2n) is 14.6. The topological polar surface area (TPSA) is 172 Å². The highest BCUT2D eigenvalue weighted by atomic mass is 19.4. The average molecular weight is 824 g/mol. The summed E-state index contributed by atoms with van der Waals surface area (Å²) in [5.74, 6) is -5.64. The number of halogens is 6. The first-order chi connectivity index (χ1) is 26.2. The van der Waals surface area contributed by atoms with Crippen LogP contribution in [0.1, 0.15) is 99.0 Å². The number of carbonyl (C=O) groups is 5. The molecule has 0 bridgehead atoms. The highest BCUT2D eigenvalue weighted by Gasteiger charge is 2.39. The van der Waals surface area contributed by atoms with E-state index in [9.17, 15) is 40.7 Å². The molecular formula is C39H55F6N3O9. The number of ether oxygens (including phenoxy) is 2. The van der Waals surface area contributed by atoms with Crippen LogP contribution in [0, 0.1) is 0 Å². The molecule has 57 heavy (non-hydrogen) atoms. The Morgan fingerprint density at radius 2 is 1.14 bits per heavy atom. The first-order valence-corrected chi connectivity index (χ1v) is 18.2. The number of rotatable bonds is 15. The van der Waals surface area contributed by atoms with Crippen LogP contribution in [0.15, 0.2) is 54.6 Å². The van der Waals surface area contributed by atoms with Gasteiger partial charge >= 0.3 is 36.5 Å². The summed E-state index contributed by atoms with van der Waals surface area (Å²) >= 11 is 0. The average Bonchev–Trinajstić information content (AvgIpc) is 3.07. The first-order valence-electron chi connectivity index (χ1n) is 18.2. The number of alkyl carbamates (subject to hydrolysis) is 2. The first kappa shape index (κ1) is 52.0. The summed E-state index contributed by atoms with van der Waals surface area (Å²) < 4.78 is 74.3. The van der Waals surface area contributed by atoms with Crippen molar-refractivity contribution < 1.29 is 70.0 Å². The third-order valence-electron chi connectivity index (χ3n) is 7.09. The van der Waals surface area contributed by atoms with Crippen molar-refractivity contribution in [2.75, 3.05) is 13.1 Å². The van der Waals surface area contributed by atoms with Gasteiger partial charge in [0.05, 0.1) is 0 Å². The van der Waals surface area contributed by atoms with Gasteiger partial charge in [-0.15, -0.1) is 0 Å². The number of nitrogens with zero attached hydrogens (tertiary/aromatic N) is 1. The van der Waals surface area contributed by atoms with Gasteiger partial charge < -0.3 is 35.2 Å². The van der Waals surface area contributed by atoms with E-state index in [1.807, 2.05) is 43.9 Å². The molecule has 322 valence electrons. The van der Waals surface area contributed by atoms with Gasteiger partial charge in [0.2, 0.25) is 5.91 Å². The summed E-state index contributed by atoms with van der Waals surface area (Å²) in [6.45, 7) is 14.5. The molecule has 0 saturated heterocycles. The second kappa shape index (κ2) is 24.6. The summed E-state index contributed by atoms with van der Waals surface area (Å²) in [7, 11) is 0. The number of hydrogen-bond acceptors (Lipinski definition) is 7. The van der Waals surface area contributed by atoms with E-state index >= 15 is 0 Å². The Labute approximate surface area is 329 Å². The third kappa shape index (κ3) is 25.7. The highest BCUT2D eigenvalue weighted by Crippen LogP contribution is 2.21. The molecule has 1 unspecified atom stereocenters. The van der Waals surface area contributed by atoms with E-state index in [0.717, 1.165) is 42.4 Å². The van der Waals surface area contributed by atoms with Crippen molar-refractivity contribution in [3.05, 3.63) is 60.2 Å². The van der Waals surface area contributed by atoms with Crippen LogP contribution in [0.4, 0.5) is 35.9 Å². The molecule has 2 aromatic rings. The Bertz CT molecular complexity index is 1500. The lowest BCUT2D eigenvalue weighted by atomic mass is 10.0. The van der Waals surface area contributed by atoms with E-state index in [2.05, 4.69) is 54.0 Å². The van der Waals surface area contributed by atoms with Crippen LogP contribution >= 0.6 is 0 Å². The van der Waals surface area contributed by atoms with Crippen LogP contribution in [0.5, 0.6) is 0 Å². The lowest BCUT2D eigenvalue weighted by Gasteiger charge is -2.29. The van der Waals surface area contributed by atoms with E-state index < -0.39 is 53.7 Å². The molecule has 0 aliphatic heterocycles. The number of aliphatic carboxylic acids is 2. The normalized spacial score (nSPS) is 12.0. The molecule has 0 heterocycles. The van der Waals surface area contributed by atoms with Gasteiger partial charge in [-0.25, -0.2) is 19.2 Å². The molecular weight excluding hydrogens is 768 g/mol. The van der Waals surface area contributed by atoms with Gasteiger partial charge in [-0.05, 0) is 83.9 Å². The Balaban J connectivity index is 0.00000189. The van der Waals surface area contributed by atoms with Crippen LogP contribution in [0.3, 0.4) is 0 Å². The largest absolute Gasteiger partial charge is 0.490 e. The van der Waals surface area contributed by atoms with Gasteiger partial charge in [0.15, 0.2) is 0 Å². The van der Waals surface area contributed by atoms with Gasteiger partial charge in [0, 0.05) is 19.6 Å². The summed E-state index contributed by atoms with van der Waals surface area (Å²) in [5.41, 5.74) is 2.04. The molecule has 3 amide bonds. The van der Waals surface area contributed by atoms with Crippen LogP contribution in [0.2, 0.25) is 0 Å². The molecule has 2 aromatic carbocycles. The van der Waals surface area contributed by atoms with Crippen LogP contribution in [-0.2, 0) is 30.4 Å². The molecule has 0 spiro atoms. The molecule has 0 aliphatic rings. The fraction of sp³-hybridized carbons (Fsp3) is 0.564. The van der Waals surface area contributed by atoms with Crippen LogP contribution in [0.25, 0.3) is 11.1 Å². The van der Waals surface area contributed by atoms with E-state index in [1.165, 1.54) is 0 Å². The predicted molar refractivity (Wildman–Crippen MR) is 200 cm³/mol. The summed E-state index contributed by atoms with van der Waals surface area (Å²) in [6.07, 6.45) is -5.43. The number of carbonyl (C=O) groups excluding carboxylic acids is 3. The molecule has 0 aliphatic carbocycles. The molecule has 18 heteroatoms. The molecule has 1 atom stereocenters. The van der Waals surface area contributed by atoms with Crippen molar-refractivity contribution in [1.82, 2.24) is 15.5 Å². The summed E-state index contributed by atoms with van der Waals surface area (Å²) in [5, 5.41) is 19.8. The molecule has 0 aromatic heterocycles. The molecule has 0 fully saturated rings. The fourth-order valence-electron chi connectivity index (χ4n) is 4.56. The van der Waals surface area contributed by atoms with Crippen molar-refractivity contribution in [1.29, 1.82) is 0 Å². The number of benzene rings is 2. The molecule has 0 radical (unpaired) electrons. The number of amides is 3. The van der Waals surface area contributed by atoms with Crippen molar-refractivity contribution in [3.8, 4) is 11.1 Å². The zero-order valence-electron chi connectivity index (χ0n) is 33.3. The van der Waals surface area contributed by atoms with E-state index in [1.54, 1.807) is 20.8 Å². The Morgan fingerprint density at radius 3 is 1.60 bits per heavy atom. The van der Waals surface area contributed by atoms with Crippen molar-refractivity contribution in [3.63, 3.8) is 0 Å². The fourth-order valence-corrected chi connectivity index (χ4v) is 4.56. The SMILES string of the molecule is CCCCCCN(Cc1ccc(-c2ccccc2)cc1)C(=O)C(CCCCNC(=O)OC(C)(C)C)NC(=O)OC(C)(C)C.O=C(O)C(F)(F)F.O=C(O)C(F)(F)F. The van der Waals surface area contributed by atoms with Gasteiger partial charge in [-0.2, -0.15) is 26.3 Å². The van der Waals surface area contributed by atoms with Crippen molar-refractivity contribution >= 4 is 30.0 Å². The molecule has 2 rings (SSSR count). The number of carboxylic acids is 2. The van der Waals surface area contributed by atoms with Crippen molar-refractivity contribution in [2.45, 2.75) is 130 Å². The zero-order valence-corrected chi connectivity index (χ0v) is 33.3. The van der Waals surface area contributed by atoms with E-state index in [4.69, 9.17) is 29.3 Å². The maximum absolute atomic E-state index is 14.0. The Kier molecular flexibility index (Phi) is 22.4. The van der Waals surface area contributed by atoms with E-state index in [-0.39, 0.29) is 5.91 Å². The molecule has 0 saturated carbocycles. The maximum Gasteiger partial charge on any atom is 0.490 e. The number of carboxylic acid groups (broad SMARTS) is 2. The van der Waals surface area contributed by atoms with Gasteiger partial charge in [-0.1, -0.05) is 80.8 Å². The number of nitrogens with one attached hydrogen (secondary N) is 2. The van der Waals surface area contributed by atoms with E-state index in [0.29, 0.717) is 38.9 Å². The molecule has 12 nitrogen and oxygen atoms in total. The van der Waals surface area contributed by atoms with Crippen LogP contribution < -0.4 is 10.6 Å². The lowest BCUT2D eigenvalue weighted by molar-refractivity contribution is -0.193. The Hall–Kier alpha value is -5.03. The maximum atomic E-state index is 14.0. The minimum absolute atomic E-state index is 0.130. The van der Waals surface area contributed by atoms with Crippen LogP contribution in [-0.4, -0.2) is 87.8 Å². The number of alkyl halides is 6. The van der Waals surface area contributed by atoms with Crippen molar-refractivity contribution in [2.24, 2.45) is 0 Å². The van der Waals surface area contributed by atoms with Gasteiger partial charge in [0.1, 0.15) is 17.2 Å². The second-order valence-corrected chi connectivity index (χ2v) is 14.6. The molecule has 4 N–H and O–H groups in total. The zero-order chi connectivity index (χ0) is 44.0. The standard InChI is InChI=1S/C35H53N3O5.2C2HF3O2/c1-8-9-10-16-25-38(26-27-20-22-29(23-21-27)28-17-12-11-13-18-28)31(39)30(37-33(41)43-35(5,6)7)19-14-15-24-36-32(40)42-34(2,3)4;2*3-2(4,5)1(6)7/h11-13,17-18,20-23,30H,8-10,14-16,19,24-26H2,1-7H3,(H,36,40)(H,37,41);2*(H,6,7). The quantitative estimate of drug-likeness (QED) is 0.101. The van der Waals surface area contributed by atoms with Gasteiger partial charge in [-0.3, -0.25) is 4.79 Å². The number of unbranched alkanes of at least 4 members (excludes halogenated alkanes) is 4. The summed E-state index contributed by atoms with van der Waals surface area (Å²) in [4.78, 5) is 58.4. The van der Waals surface area contributed by atoms with Gasteiger partial charge in [0.25, 0.3) is 0 Å². The monoisotopic (exact) mass is 823 g/mol. The third-order valence-corrected chi connectivity index (χ3v) is 7.09.